The zero-order valence-corrected chi connectivity index (χ0v) is 19.4. The van der Waals surface area contributed by atoms with E-state index in [2.05, 4.69) is 20.5 Å². The van der Waals surface area contributed by atoms with E-state index >= 15 is 0 Å². The Morgan fingerprint density at radius 1 is 1.06 bits per heavy atom. The van der Waals surface area contributed by atoms with E-state index in [0.29, 0.717) is 30.6 Å². The van der Waals surface area contributed by atoms with Crippen LogP contribution in [0.25, 0.3) is 10.9 Å². The van der Waals surface area contributed by atoms with Gasteiger partial charge in [0, 0.05) is 23.0 Å². The Labute approximate surface area is 195 Å². The summed E-state index contributed by atoms with van der Waals surface area (Å²) < 4.78 is 13.5. The highest BCUT2D eigenvalue weighted by molar-refractivity contribution is 7.99. The van der Waals surface area contributed by atoms with Crippen LogP contribution in [0.5, 0.6) is 11.5 Å². The molecule has 2 aromatic heterocycles. The van der Waals surface area contributed by atoms with Gasteiger partial charge in [0.2, 0.25) is 5.82 Å². The second kappa shape index (κ2) is 8.98. The Kier molecular flexibility index (Phi) is 5.71. The van der Waals surface area contributed by atoms with Crippen LogP contribution >= 0.6 is 11.8 Å². The quantitative estimate of drug-likeness (QED) is 0.598. The smallest absolute Gasteiger partial charge is 0.258 e. The van der Waals surface area contributed by atoms with Crippen molar-refractivity contribution in [3.05, 3.63) is 39.9 Å². The summed E-state index contributed by atoms with van der Waals surface area (Å²) in [6, 6.07) is 5.93. The summed E-state index contributed by atoms with van der Waals surface area (Å²) in [5, 5.41) is 13.9. The van der Waals surface area contributed by atoms with Gasteiger partial charge in [-0.25, -0.2) is 4.68 Å². The van der Waals surface area contributed by atoms with Crippen molar-refractivity contribution in [2.24, 2.45) is 0 Å². The predicted molar refractivity (Wildman–Crippen MR) is 125 cm³/mol. The number of nitrogens with one attached hydrogen (secondary N) is 2. The number of hydrogen-bond donors (Lipinski definition) is 2. The third-order valence-corrected chi connectivity index (χ3v) is 8.07. The molecule has 1 atom stereocenters. The average molecular weight is 470 g/mol. The van der Waals surface area contributed by atoms with E-state index < -0.39 is 0 Å². The number of fused-ring (bicyclic) bond motifs is 2. The van der Waals surface area contributed by atoms with Gasteiger partial charge in [-0.1, -0.05) is 19.3 Å². The number of ether oxygens (including phenoxy) is 2. The van der Waals surface area contributed by atoms with Crippen molar-refractivity contribution in [2.75, 3.05) is 37.8 Å². The third-order valence-electron chi connectivity index (χ3n) is 7.09. The average Bonchev–Trinajstić information content (AvgIpc) is 3.34. The first-order valence-corrected chi connectivity index (χ1v) is 13.1. The summed E-state index contributed by atoms with van der Waals surface area (Å²) in [4.78, 5) is 17.9. The lowest BCUT2D eigenvalue weighted by Gasteiger charge is -2.32. The molecule has 6 rings (SSSR count). The molecule has 33 heavy (non-hydrogen) atoms. The summed E-state index contributed by atoms with van der Waals surface area (Å²) >= 11 is 1.97. The van der Waals surface area contributed by atoms with E-state index in [1.807, 2.05) is 34.6 Å². The van der Waals surface area contributed by atoms with Gasteiger partial charge in [0.1, 0.15) is 13.2 Å². The highest BCUT2D eigenvalue weighted by atomic mass is 32.2. The van der Waals surface area contributed by atoms with Gasteiger partial charge in [-0.2, -0.15) is 11.8 Å². The topological polar surface area (TPSA) is 99.4 Å². The highest BCUT2D eigenvalue weighted by Crippen LogP contribution is 2.35. The van der Waals surface area contributed by atoms with Gasteiger partial charge in [-0.05, 0) is 35.4 Å². The lowest BCUT2D eigenvalue weighted by molar-refractivity contribution is -0.923. The van der Waals surface area contributed by atoms with Gasteiger partial charge in [-0.15, -0.1) is 5.10 Å². The molecule has 0 amide bonds. The Morgan fingerprint density at radius 3 is 2.61 bits per heavy atom. The fraction of sp³-hybridized carbons (Fsp3) is 0.565. The van der Waals surface area contributed by atoms with Crippen molar-refractivity contribution in [1.29, 1.82) is 0 Å². The Hall–Kier alpha value is -2.59. The van der Waals surface area contributed by atoms with Crippen molar-refractivity contribution in [3.63, 3.8) is 0 Å². The molecule has 3 aliphatic rings. The number of rotatable bonds is 4. The molecular weight excluding hydrogens is 440 g/mol. The standard InChI is InChI=1S/C23H28N6O3S/c30-23-17(12-15-13-19-20(14-18(15)24-23)32-9-8-31-19)21(28-6-10-33-11-7-28)22-25-26-27-29(22)16-4-2-1-3-5-16/h12-14,16,21H,1-11H2,(H,24,30)/p+1/t21-/m0/s1. The summed E-state index contributed by atoms with van der Waals surface area (Å²) in [5.74, 6) is 4.35. The highest BCUT2D eigenvalue weighted by Gasteiger charge is 2.36. The first-order chi connectivity index (χ1) is 16.3. The number of aromatic nitrogens is 5. The number of aromatic amines is 1. The van der Waals surface area contributed by atoms with Crippen molar-refractivity contribution in [1.82, 2.24) is 25.2 Å². The monoisotopic (exact) mass is 469 g/mol. The maximum absolute atomic E-state index is 13.4. The number of thioether (sulfide) groups is 1. The summed E-state index contributed by atoms with van der Waals surface area (Å²) in [5.41, 5.74) is 1.38. The molecule has 0 spiro atoms. The maximum atomic E-state index is 13.4. The molecule has 0 bridgehead atoms. The molecule has 0 radical (unpaired) electrons. The van der Waals surface area contributed by atoms with Crippen LogP contribution in [0.4, 0.5) is 0 Å². The van der Waals surface area contributed by atoms with Gasteiger partial charge in [0.05, 0.1) is 30.2 Å². The van der Waals surface area contributed by atoms with Crippen molar-refractivity contribution in [3.8, 4) is 11.5 Å². The number of pyridine rings is 1. The summed E-state index contributed by atoms with van der Waals surface area (Å²) in [6.45, 7) is 3.00. The fourth-order valence-electron chi connectivity index (χ4n) is 5.41. The largest absolute Gasteiger partial charge is 0.486 e. The van der Waals surface area contributed by atoms with E-state index in [-0.39, 0.29) is 11.6 Å². The molecule has 9 nitrogen and oxygen atoms in total. The van der Waals surface area contributed by atoms with Gasteiger partial charge < -0.3 is 19.4 Å². The van der Waals surface area contributed by atoms with Crippen molar-refractivity contribution in [2.45, 2.75) is 44.2 Å². The summed E-state index contributed by atoms with van der Waals surface area (Å²) in [7, 11) is 0. The number of tetrazole rings is 1. The number of quaternary nitrogens is 1. The van der Waals surface area contributed by atoms with E-state index in [9.17, 15) is 4.79 Å². The Morgan fingerprint density at radius 2 is 1.82 bits per heavy atom. The second-order valence-corrected chi connectivity index (χ2v) is 10.3. The Balaban J connectivity index is 1.47. The van der Waals surface area contributed by atoms with Crippen LogP contribution in [0.3, 0.4) is 0 Å². The molecule has 3 aromatic rings. The van der Waals surface area contributed by atoms with E-state index in [0.717, 1.165) is 59.9 Å². The minimum Gasteiger partial charge on any atom is -0.486 e. The first kappa shape index (κ1) is 21.0. The zero-order valence-electron chi connectivity index (χ0n) is 18.6. The van der Waals surface area contributed by atoms with E-state index in [1.54, 1.807) is 0 Å². The van der Waals surface area contributed by atoms with Gasteiger partial charge in [-0.3, -0.25) is 4.79 Å². The molecule has 2 aliphatic heterocycles. The molecule has 2 N–H and O–H groups in total. The zero-order chi connectivity index (χ0) is 22.2. The van der Waals surface area contributed by atoms with E-state index in [4.69, 9.17) is 9.47 Å². The normalized spacial score (nSPS) is 20.7. The molecule has 4 heterocycles. The van der Waals surface area contributed by atoms with E-state index in [1.165, 1.54) is 24.2 Å². The number of hydrogen-bond acceptors (Lipinski definition) is 7. The maximum Gasteiger partial charge on any atom is 0.258 e. The van der Waals surface area contributed by atoms with Crippen molar-refractivity contribution < 1.29 is 14.4 Å². The number of nitrogens with zero attached hydrogens (tertiary/aromatic N) is 4. The molecule has 1 saturated carbocycles. The molecular formula is C23H29N6O3S+. The predicted octanol–water partition coefficient (Wildman–Crippen LogP) is 1.51. The second-order valence-electron chi connectivity index (χ2n) is 9.11. The molecule has 1 aliphatic carbocycles. The van der Waals surface area contributed by atoms with Gasteiger partial charge in [0.15, 0.2) is 17.5 Å². The minimum absolute atomic E-state index is 0.0897. The molecule has 2 fully saturated rings. The molecule has 10 heteroatoms. The van der Waals surface area contributed by atoms with Crippen LogP contribution in [0.2, 0.25) is 0 Å². The first-order valence-electron chi connectivity index (χ1n) is 11.9. The fourth-order valence-corrected chi connectivity index (χ4v) is 6.43. The van der Waals surface area contributed by atoms with Crippen LogP contribution in [-0.2, 0) is 0 Å². The lowest BCUT2D eigenvalue weighted by Crippen LogP contribution is -3.14. The van der Waals surface area contributed by atoms with Crippen LogP contribution in [0.15, 0.2) is 23.0 Å². The van der Waals surface area contributed by atoms with Crippen LogP contribution in [0.1, 0.15) is 55.6 Å². The van der Waals surface area contributed by atoms with Crippen LogP contribution in [0, 0.1) is 0 Å². The van der Waals surface area contributed by atoms with Crippen molar-refractivity contribution >= 4 is 22.7 Å². The molecule has 0 unspecified atom stereocenters. The lowest BCUT2D eigenvalue weighted by atomic mass is 9.95. The van der Waals surface area contributed by atoms with Gasteiger partial charge >= 0.3 is 0 Å². The van der Waals surface area contributed by atoms with Gasteiger partial charge in [0.25, 0.3) is 5.56 Å². The molecule has 1 saturated heterocycles. The molecule has 1 aromatic carbocycles. The summed E-state index contributed by atoms with van der Waals surface area (Å²) in [6.07, 6.45) is 5.85. The van der Waals surface area contributed by atoms with Crippen LogP contribution < -0.4 is 19.9 Å². The Bertz CT molecular complexity index is 1200. The number of benzene rings is 1. The van der Waals surface area contributed by atoms with Crippen LogP contribution in [-0.4, -0.2) is 63.0 Å². The molecule has 174 valence electrons. The SMILES string of the molecule is O=c1[nH]c2cc3c(cc2cc1[C@@H](c1nnnn1C1CCCCC1)[NH+]1CCSCC1)OCCO3. The number of H-pyrrole nitrogens is 1. The third kappa shape index (κ3) is 3.99. The minimum atomic E-state index is -0.204.